The van der Waals surface area contributed by atoms with E-state index in [0.29, 0.717) is 17.9 Å². The van der Waals surface area contributed by atoms with Gasteiger partial charge in [0.2, 0.25) is 0 Å². The molecule has 1 heterocycles. The van der Waals surface area contributed by atoms with Crippen molar-refractivity contribution in [1.82, 2.24) is 15.6 Å². The van der Waals surface area contributed by atoms with E-state index in [2.05, 4.69) is 20.3 Å². The van der Waals surface area contributed by atoms with Gasteiger partial charge >= 0.3 is 0 Å². The fourth-order valence-electron chi connectivity index (χ4n) is 1.64. The minimum absolute atomic E-state index is 0.134. The Morgan fingerprint density at radius 3 is 2.89 bits per heavy atom. The highest BCUT2D eigenvalue weighted by molar-refractivity contribution is 5.35. The van der Waals surface area contributed by atoms with Gasteiger partial charge in [-0.05, 0) is 19.5 Å². The highest BCUT2D eigenvalue weighted by Gasteiger charge is 2.12. The Morgan fingerprint density at radius 1 is 1.37 bits per heavy atom. The van der Waals surface area contributed by atoms with Crippen LogP contribution in [-0.4, -0.2) is 16.9 Å². The highest BCUT2D eigenvalue weighted by atomic mass is 19.1. The van der Waals surface area contributed by atoms with Crippen molar-refractivity contribution in [2.75, 3.05) is 6.54 Å². The van der Waals surface area contributed by atoms with Crippen molar-refractivity contribution in [2.24, 2.45) is 0 Å². The van der Waals surface area contributed by atoms with Gasteiger partial charge in [0, 0.05) is 12.1 Å². The zero-order chi connectivity index (χ0) is 13.7. The van der Waals surface area contributed by atoms with Gasteiger partial charge in [-0.3, -0.25) is 0 Å². The molecule has 5 nitrogen and oxygen atoms in total. The Labute approximate surface area is 110 Å². The molecule has 6 heteroatoms. The van der Waals surface area contributed by atoms with Crippen molar-refractivity contribution in [1.29, 1.82) is 0 Å². The van der Waals surface area contributed by atoms with Crippen LogP contribution >= 0.6 is 0 Å². The maximum atomic E-state index is 13.8. The number of nitrogens with zero attached hydrogens (tertiary/aromatic N) is 2. The van der Waals surface area contributed by atoms with Crippen molar-refractivity contribution in [2.45, 2.75) is 27.0 Å². The summed E-state index contributed by atoms with van der Waals surface area (Å²) in [7, 11) is 0. The normalized spacial score (nSPS) is 10.7. The van der Waals surface area contributed by atoms with Crippen LogP contribution in [0.25, 0.3) is 0 Å². The second-order valence-corrected chi connectivity index (χ2v) is 4.09. The zero-order valence-electron chi connectivity index (χ0n) is 10.9. The maximum absolute atomic E-state index is 13.8. The van der Waals surface area contributed by atoms with Crippen LogP contribution in [0.3, 0.4) is 0 Å². The number of hydrogen-bond acceptors (Lipinski definition) is 5. The molecular weight excluding hydrogens is 249 g/mol. The van der Waals surface area contributed by atoms with Crippen LogP contribution in [0, 0.1) is 12.7 Å². The number of nitrogens with one attached hydrogen (secondary N) is 1. The maximum Gasteiger partial charge on any atom is 0.165 e. The van der Waals surface area contributed by atoms with E-state index in [0.717, 1.165) is 12.1 Å². The lowest BCUT2D eigenvalue weighted by Crippen LogP contribution is -2.13. The molecule has 0 aliphatic heterocycles. The van der Waals surface area contributed by atoms with Gasteiger partial charge in [-0.1, -0.05) is 29.4 Å². The number of para-hydroxylation sites is 1. The van der Waals surface area contributed by atoms with E-state index < -0.39 is 0 Å². The number of hydrogen-bond donors (Lipinski definition) is 1. The molecule has 0 saturated carbocycles. The Balaban J connectivity index is 2.12. The van der Waals surface area contributed by atoms with E-state index in [9.17, 15) is 4.39 Å². The Morgan fingerprint density at radius 2 is 2.21 bits per heavy atom. The summed E-state index contributed by atoms with van der Waals surface area (Å²) in [5.41, 5.74) is 1.98. The van der Waals surface area contributed by atoms with Crippen LogP contribution < -0.4 is 10.1 Å². The van der Waals surface area contributed by atoms with E-state index in [1.54, 1.807) is 13.0 Å². The van der Waals surface area contributed by atoms with Gasteiger partial charge in [0.05, 0.1) is 0 Å². The number of aryl methyl sites for hydroxylation is 1. The van der Waals surface area contributed by atoms with Crippen molar-refractivity contribution in [3.8, 4) is 5.75 Å². The topological polar surface area (TPSA) is 60.2 Å². The molecule has 0 saturated heterocycles. The van der Waals surface area contributed by atoms with Crippen molar-refractivity contribution >= 4 is 0 Å². The minimum Gasteiger partial charge on any atom is -0.484 e. The predicted octanol–water partition coefficient (Wildman–Crippen LogP) is 2.21. The standard InChI is InChI=1S/C13H16FN3O2/c1-3-15-7-10-5-4-6-11(14)13(10)18-8-12-9(2)16-19-17-12/h4-6,15H,3,7-8H2,1-2H3. The molecule has 1 N–H and O–H groups in total. The molecule has 2 rings (SSSR count). The number of halogens is 1. The van der Waals surface area contributed by atoms with Crippen LogP contribution in [0.2, 0.25) is 0 Å². The molecule has 2 aromatic rings. The molecule has 0 fully saturated rings. The largest absolute Gasteiger partial charge is 0.484 e. The van der Waals surface area contributed by atoms with Crippen molar-refractivity contribution in [3.63, 3.8) is 0 Å². The summed E-state index contributed by atoms with van der Waals surface area (Å²) in [5.74, 6) is -0.143. The summed E-state index contributed by atoms with van der Waals surface area (Å²) in [6.45, 7) is 5.25. The van der Waals surface area contributed by atoms with Crippen LogP contribution in [0.1, 0.15) is 23.9 Å². The zero-order valence-corrected chi connectivity index (χ0v) is 10.9. The van der Waals surface area contributed by atoms with Gasteiger partial charge in [0.15, 0.2) is 11.6 Å². The smallest absolute Gasteiger partial charge is 0.165 e. The molecule has 0 unspecified atom stereocenters. The number of aromatic nitrogens is 2. The van der Waals surface area contributed by atoms with Crippen LogP contribution in [0.15, 0.2) is 22.8 Å². The molecule has 0 aliphatic carbocycles. The summed E-state index contributed by atoms with van der Waals surface area (Å²) in [5, 5.41) is 10.5. The van der Waals surface area contributed by atoms with Crippen LogP contribution in [0.5, 0.6) is 5.75 Å². The quantitative estimate of drug-likeness (QED) is 0.867. The van der Waals surface area contributed by atoms with Gasteiger partial charge in [0.25, 0.3) is 0 Å². The van der Waals surface area contributed by atoms with Gasteiger partial charge in [-0.25, -0.2) is 9.02 Å². The Hall–Kier alpha value is -1.95. The van der Waals surface area contributed by atoms with Gasteiger partial charge in [-0.2, -0.15) is 0 Å². The molecule has 102 valence electrons. The first-order valence-corrected chi connectivity index (χ1v) is 6.11. The van der Waals surface area contributed by atoms with E-state index in [1.165, 1.54) is 6.07 Å². The average Bonchev–Trinajstić information content (AvgIpc) is 2.81. The first kappa shape index (κ1) is 13.5. The van der Waals surface area contributed by atoms with Crippen LogP contribution in [-0.2, 0) is 13.2 Å². The molecule has 0 radical (unpaired) electrons. The monoisotopic (exact) mass is 265 g/mol. The van der Waals surface area contributed by atoms with Gasteiger partial charge < -0.3 is 10.1 Å². The van der Waals surface area contributed by atoms with E-state index >= 15 is 0 Å². The number of benzene rings is 1. The fraction of sp³-hybridized carbons (Fsp3) is 0.385. The van der Waals surface area contributed by atoms with E-state index in [-0.39, 0.29) is 18.2 Å². The lowest BCUT2D eigenvalue weighted by molar-refractivity contribution is 0.260. The summed E-state index contributed by atoms with van der Waals surface area (Å²) >= 11 is 0. The molecule has 0 atom stereocenters. The van der Waals surface area contributed by atoms with Crippen molar-refractivity contribution in [3.05, 3.63) is 41.0 Å². The van der Waals surface area contributed by atoms with Gasteiger partial charge in [-0.15, -0.1) is 0 Å². The third-order valence-corrected chi connectivity index (χ3v) is 2.71. The summed E-state index contributed by atoms with van der Waals surface area (Å²) < 4.78 is 23.9. The molecule has 0 bridgehead atoms. The summed E-state index contributed by atoms with van der Waals surface area (Å²) in [4.78, 5) is 0. The first-order valence-electron chi connectivity index (χ1n) is 6.11. The van der Waals surface area contributed by atoms with Crippen LogP contribution in [0.4, 0.5) is 4.39 Å². The SMILES string of the molecule is CCNCc1cccc(F)c1OCc1nonc1C. The first-order chi connectivity index (χ1) is 9.22. The Bertz CT molecular complexity index is 542. The van der Waals surface area contributed by atoms with E-state index in [4.69, 9.17) is 4.74 Å². The lowest BCUT2D eigenvalue weighted by atomic mass is 10.2. The molecule has 1 aromatic heterocycles. The minimum atomic E-state index is -0.385. The second kappa shape index (κ2) is 6.29. The molecular formula is C13H16FN3O2. The second-order valence-electron chi connectivity index (χ2n) is 4.09. The molecule has 0 amide bonds. The molecule has 0 aliphatic rings. The van der Waals surface area contributed by atoms with Crippen molar-refractivity contribution < 1.29 is 13.8 Å². The number of ether oxygens (including phenoxy) is 1. The highest BCUT2D eigenvalue weighted by Crippen LogP contribution is 2.23. The average molecular weight is 265 g/mol. The summed E-state index contributed by atoms with van der Waals surface area (Å²) in [6, 6.07) is 4.87. The van der Waals surface area contributed by atoms with E-state index in [1.807, 2.05) is 13.0 Å². The third-order valence-electron chi connectivity index (χ3n) is 2.71. The fourth-order valence-corrected chi connectivity index (χ4v) is 1.64. The predicted molar refractivity (Wildman–Crippen MR) is 67.1 cm³/mol. The Kier molecular flexibility index (Phi) is 4.46. The summed E-state index contributed by atoms with van der Waals surface area (Å²) in [6.07, 6.45) is 0. The lowest BCUT2D eigenvalue weighted by Gasteiger charge is -2.11. The van der Waals surface area contributed by atoms with Gasteiger partial charge in [0.1, 0.15) is 18.0 Å². The molecule has 0 spiro atoms. The molecule has 1 aromatic carbocycles. The third kappa shape index (κ3) is 3.29. The number of rotatable bonds is 6. The molecule has 19 heavy (non-hydrogen) atoms.